The third-order valence-electron chi connectivity index (χ3n) is 5.29. The number of nitro groups is 1. The van der Waals surface area contributed by atoms with Gasteiger partial charge in [0, 0.05) is 12.6 Å². The fourth-order valence-corrected chi connectivity index (χ4v) is 5.24. The second kappa shape index (κ2) is 8.48. The average Bonchev–Trinajstić information content (AvgIpc) is 2.78. The molecule has 1 amide bonds. The van der Waals surface area contributed by atoms with Gasteiger partial charge in [-0.3, -0.25) is 14.9 Å². The number of hydrogen-bond acceptors (Lipinski definition) is 5. The van der Waals surface area contributed by atoms with Gasteiger partial charge < -0.3 is 5.32 Å². The summed E-state index contributed by atoms with van der Waals surface area (Å²) >= 11 is 0. The topological polar surface area (TPSA) is 110 Å². The zero-order valence-electron chi connectivity index (χ0n) is 16.6. The Morgan fingerprint density at radius 3 is 2.31 bits per heavy atom. The SMILES string of the molecule is O=C(Nc1ccccc1[N+](=O)[O-])[C@H]1Cc2ccccc2CN1S(=O)(=O)c1ccc(F)cc1. The minimum Gasteiger partial charge on any atom is -0.319 e. The molecule has 1 aliphatic rings. The summed E-state index contributed by atoms with van der Waals surface area (Å²) in [6, 6.07) is 16.0. The van der Waals surface area contributed by atoms with Crippen molar-refractivity contribution in [1.29, 1.82) is 0 Å². The Balaban J connectivity index is 1.73. The molecule has 1 atom stereocenters. The van der Waals surface area contributed by atoms with E-state index in [1.54, 1.807) is 18.2 Å². The molecule has 0 spiro atoms. The fraction of sp³-hybridized carbons (Fsp3) is 0.136. The lowest BCUT2D eigenvalue weighted by Gasteiger charge is -2.35. The summed E-state index contributed by atoms with van der Waals surface area (Å²) < 4.78 is 41.1. The first-order chi connectivity index (χ1) is 15.3. The molecule has 1 N–H and O–H groups in total. The lowest BCUT2D eigenvalue weighted by molar-refractivity contribution is -0.383. The van der Waals surface area contributed by atoms with Crippen molar-refractivity contribution in [1.82, 2.24) is 4.31 Å². The molecule has 0 fully saturated rings. The van der Waals surface area contributed by atoms with E-state index in [1.165, 1.54) is 24.3 Å². The summed E-state index contributed by atoms with van der Waals surface area (Å²) in [5.41, 5.74) is 1.22. The van der Waals surface area contributed by atoms with Crippen molar-refractivity contribution < 1.29 is 22.5 Å². The summed E-state index contributed by atoms with van der Waals surface area (Å²) in [6.45, 7) is -0.0646. The van der Waals surface area contributed by atoms with Gasteiger partial charge in [-0.1, -0.05) is 36.4 Å². The van der Waals surface area contributed by atoms with Crippen LogP contribution in [0.25, 0.3) is 0 Å². The van der Waals surface area contributed by atoms with Crippen LogP contribution >= 0.6 is 0 Å². The van der Waals surface area contributed by atoms with Crippen LogP contribution in [0.15, 0.2) is 77.7 Å². The molecule has 1 heterocycles. The van der Waals surface area contributed by atoms with Gasteiger partial charge in [-0.25, -0.2) is 12.8 Å². The standard InChI is InChI=1S/C22H18FN3O5S/c23-17-9-11-18(12-10-17)32(30,31)25-14-16-6-2-1-5-15(16)13-21(25)22(27)24-19-7-3-4-8-20(19)26(28)29/h1-12,21H,13-14H2,(H,24,27)/t21-/m1/s1. The number of nitrogens with one attached hydrogen (secondary N) is 1. The number of halogens is 1. The molecule has 0 saturated heterocycles. The van der Waals surface area contributed by atoms with Gasteiger partial charge in [0.2, 0.25) is 15.9 Å². The summed E-state index contributed by atoms with van der Waals surface area (Å²) in [5, 5.41) is 13.8. The number of carbonyl (C=O) groups excluding carboxylic acids is 1. The Labute approximate surface area is 183 Å². The van der Waals surface area contributed by atoms with Crippen LogP contribution in [0.2, 0.25) is 0 Å². The second-order valence-electron chi connectivity index (χ2n) is 7.26. The number of nitrogens with zero attached hydrogens (tertiary/aromatic N) is 2. The van der Waals surface area contributed by atoms with Gasteiger partial charge in [-0.2, -0.15) is 4.31 Å². The molecule has 0 bridgehead atoms. The van der Waals surface area contributed by atoms with Gasteiger partial charge in [0.05, 0.1) is 9.82 Å². The first kappa shape index (κ1) is 21.6. The minimum absolute atomic E-state index is 0.0273. The van der Waals surface area contributed by atoms with Crippen LogP contribution in [0.1, 0.15) is 11.1 Å². The van der Waals surface area contributed by atoms with Crippen LogP contribution in [-0.2, 0) is 27.8 Å². The average molecular weight is 455 g/mol. The Morgan fingerprint density at radius 1 is 1.00 bits per heavy atom. The zero-order valence-corrected chi connectivity index (χ0v) is 17.5. The summed E-state index contributed by atoms with van der Waals surface area (Å²) in [6.07, 6.45) is 0.0864. The molecule has 3 aromatic carbocycles. The lowest BCUT2D eigenvalue weighted by Crippen LogP contribution is -2.50. The largest absolute Gasteiger partial charge is 0.319 e. The van der Waals surface area contributed by atoms with Crippen LogP contribution in [0.4, 0.5) is 15.8 Å². The van der Waals surface area contributed by atoms with E-state index in [0.29, 0.717) is 0 Å². The number of benzene rings is 3. The van der Waals surface area contributed by atoms with Crippen molar-refractivity contribution in [2.24, 2.45) is 0 Å². The zero-order chi connectivity index (χ0) is 22.9. The highest BCUT2D eigenvalue weighted by molar-refractivity contribution is 7.89. The Kier molecular flexibility index (Phi) is 5.72. The molecule has 0 aromatic heterocycles. The highest BCUT2D eigenvalue weighted by Crippen LogP contribution is 2.31. The van der Waals surface area contributed by atoms with Crippen LogP contribution in [0.3, 0.4) is 0 Å². The van der Waals surface area contributed by atoms with Crippen LogP contribution in [0.5, 0.6) is 0 Å². The molecule has 1 aliphatic heterocycles. The van der Waals surface area contributed by atoms with Gasteiger partial charge in [0.25, 0.3) is 5.69 Å². The molecule has 3 aromatic rings. The molecule has 164 valence electrons. The molecule has 4 rings (SSSR count). The van der Waals surface area contributed by atoms with E-state index < -0.39 is 32.7 Å². The fourth-order valence-electron chi connectivity index (χ4n) is 3.67. The first-order valence-electron chi connectivity index (χ1n) is 9.66. The van der Waals surface area contributed by atoms with E-state index in [2.05, 4.69) is 5.32 Å². The second-order valence-corrected chi connectivity index (χ2v) is 9.15. The molecule has 0 unspecified atom stereocenters. The van der Waals surface area contributed by atoms with Crippen LogP contribution in [-0.4, -0.2) is 29.6 Å². The number of nitro benzene ring substituents is 1. The Hall–Kier alpha value is -3.63. The predicted molar refractivity (Wildman–Crippen MR) is 115 cm³/mol. The van der Waals surface area contributed by atoms with Gasteiger partial charge in [0.1, 0.15) is 17.5 Å². The van der Waals surface area contributed by atoms with E-state index in [9.17, 15) is 27.7 Å². The first-order valence-corrected chi connectivity index (χ1v) is 11.1. The van der Waals surface area contributed by atoms with E-state index >= 15 is 0 Å². The van der Waals surface area contributed by atoms with Crippen LogP contribution < -0.4 is 5.32 Å². The Morgan fingerprint density at radius 2 is 1.62 bits per heavy atom. The maximum atomic E-state index is 13.4. The number of rotatable bonds is 5. The number of amides is 1. The number of carbonyl (C=O) groups is 1. The van der Waals surface area contributed by atoms with Gasteiger partial charge >= 0.3 is 0 Å². The number of para-hydroxylation sites is 2. The van der Waals surface area contributed by atoms with Crippen molar-refractivity contribution in [3.8, 4) is 0 Å². The van der Waals surface area contributed by atoms with Crippen molar-refractivity contribution >= 4 is 27.3 Å². The van der Waals surface area contributed by atoms with Crippen molar-refractivity contribution in [3.63, 3.8) is 0 Å². The number of sulfonamides is 1. The molecule has 0 aliphatic carbocycles. The number of anilines is 1. The normalized spacial score (nSPS) is 16.2. The van der Waals surface area contributed by atoms with E-state index in [-0.39, 0.29) is 29.2 Å². The van der Waals surface area contributed by atoms with Crippen molar-refractivity contribution in [2.45, 2.75) is 23.9 Å². The maximum Gasteiger partial charge on any atom is 0.292 e. The molecule has 0 saturated carbocycles. The quantitative estimate of drug-likeness (QED) is 0.468. The highest BCUT2D eigenvalue weighted by atomic mass is 32.2. The number of fused-ring (bicyclic) bond motifs is 1. The van der Waals surface area contributed by atoms with Gasteiger partial charge in [-0.15, -0.1) is 0 Å². The Bertz CT molecular complexity index is 1290. The van der Waals surface area contributed by atoms with E-state index in [1.807, 2.05) is 6.07 Å². The molecular formula is C22H18FN3O5S. The summed E-state index contributed by atoms with van der Waals surface area (Å²) in [7, 11) is -4.16. The summed E-state index contributed by atoms with van der Waals surface area (Å²) in [5.74, 6) is -1.28. The molecular weight excluding hydrogens is 437 g/mol. The smallest absolute Gasteiger partial charge is 0.292 e. The monoisotopic (exact) mass is 455 g/mol. The summed E-state index contributed by atoms with van der Waals surface area (Å²) in [4.78, 5) is 23.7. The lowest BCUT2D eigenvalue weighted by atomic mass is 9.95. The van der Waals surface area contributed by atoms with Gasteiger partial charge in [-0.05, 0) is 47.9 Å². The predicted octanol–water partition coefficient (Wildman–Crippen LogP) is 3.49. The molecule has 0 radical (unpaired) electrons. The maximum absolute atomic E-state index is 13.4. The van der Waals surface area contributed by atoms with E-state index in [4.69, 9.17) is 0 Å². The minimum atomic E-state index is -4.16. The third kappa shape index (κ3) is 4.10. The van der Waals surface area contributed by atoms with E-state index in [0.717, 1.165) is 39.7 Å². The van der Waals surface area contributed by atoms with Crippen molar-refractivity contribution in [2.75, 3.05) is 5.32 Å². The molecule has 8 nitrogen and oxygen atoms in total. The highest BCUT2D eigenvalue weighted by Gasteiger charge is 2.40. The van der Waals surface area contributed by atoms with Crippen molar-refractivity contribution in [3.05, 3.63) is 99.9 Å². The third-order valence-corrected chi connectivity index (χ3v) is 7.16. The molecule has 10 heteroatoms. The molecule has 32 heavy (non-hydrogen) atoms. The van der Waals surface area contributed by atoms with Crippen LogP contribution in [0, 0.1) is 15.9 Å². The van der Waals surface area contributed by atoms with Gasteiger partial charge in [0.15, 0.2) is 0 Å². The number of hydrogen-bond donors (Lipinski definition) is 1.